The summed E-state index contributed by atoms with van der Waals surface area (Å²) >= 11 is 0. The van der Waals surface area contributed by atoms with Crippen LogP contribution in [0.25, 0.3) is 0 Å². The van der Waals surface area contributed by atoms with Gasteiger partial charge in [0.2, 0.25) is 0 Å². The molecule has 1 aliphatic carbocycles. The van der Waals surface area contributed by atoms with E-state index in [1.807, 2.05) is 0 Å². The van der Waals surface area contributed by atoms with Crippen LogP contribution in [0, 0.1) is 11.8 Å². The van der Waals surface area contributed by atoms with Gasteiger partial charge in [-0.2, -0.15) is 0 Å². The molecule has 0 amide bonds. The third-order valence-electron chi connectivity index (χ3n) is 8.30. The molecule has 8 atom stereocenters. The minimum atomic E-state index is -0.241. The van der Waals surface area contributed by atoms with Gasteiger partial charge in [-0.15, -0.1) is 0 Å². The number of ether oxygens (including phenoxy) is 1. The fourth-order valence-electron chi connectivity index (χ4n) is 7.50. The van der Waals surface area contributed by atoms with Gasteiger partial charge >= 0.3 is 0 Å². The summed E-state index contributed by atoms with van der Waals surface area (Å²) in [5.41, 5.74) is 4.09. The molecule has 1 N–H and O–H groups in total. The molecule has 25 heavy (non-hydrogen) atoms. The van der Waals surface area contributed by atoms with Crippen molar-refractivity contribution in [3.05, 3.63) is 35.4 Å². The third kappa shape index (κ3) is 1.39. The van der Waals surface area contributed by atoms with Gasteiger partial charge in [-0.1, -0.05) is 17.7 Å². The van der Waals surface area contributed by atoms with Gasteiger partial charge in [-0.05, 0) is 37.3 Å². The predicted octanol–water partition coefficient (Wildman–Crippen LogP) is 2.16. The van der Waals surface area contributed by atoms with Crippen molar-refractivity contribution in [2.75, 3.05) is 25.6 Å². The Hall–Kier alpha value is -1.52. The van der Waals surface area contributed by atoms with Crippen molar-refractivity contribution >= 4 is 5.69 Å². The lowest BCUT2D eigenvalue weighted by atomic mass is 9.65. The van der Waals surface area contributed by atoms with Crippen LogP contribution in [0.2, 0.25) is 0 Å². The van der Waals surface area contributed by atoms with Crippen LogP contribution in [-0.2, 0) is 5.41 Å². The number of allylic oxidation sites excluding steroid dienone is 1. The molecule has 1 spiro atoms. The Balaban J connectivity index is 1.58. The Morgan fingerprint density at radius 3 is 2.92 bits per heavy atom. The molecule has 7 rings (SSSR count). The van der Waals surface area contributed by atoms with Crippen LogP contribution < -0.4 is 9.64 Å². The highest BCUT2D eigenvalue weighted by molar-refractivity contribution is 5.69. The second kappa shape index (κ2) is 4.41. The molecule has 5 fully saturated rings. The molecule has 1 aromatic rings. The summed E-state index contributed by atoms with van der Waals surface area (Å²) < 4.78 is 5.48. The molecule has 1 aromatic carbocycles. The van der Waals surface area contributed by atoms with Gasteiger partial charge in [0.1, 0.15) is 5.75 Å². The smallest absolute Gasteiger partial charge is 0.120 e. The molecule has 132 valence electrons. The maximum Gasteiger partial charge on any atom is 0.120 e. The summed E-state index contributed by atoms with van der Waals surface area (Å²) in [5.74, 6) is 1.90. The number of nitrogens with zero attached hydrogens (tertiary/aromatic N) is 2. The number of methoxy groups -OCH3 is 1. The number of rotatable bonds is 1. The summed E-state index contributed by atoms with van der Waals surface area (Å²) in [6.45, 7) is 3.28. The van der Waals surface area contributed by atoms with E-state index in [9.17, 15) is 5.11 Å². The number of anilines is 1. The number of hydrogen-bond acceptors (Lipinski definition) is 4. The van der Waals surface area contributed by atoms with Crippen molar-refractivity contribution < 1.29 is 9.84 Å². The highest BCUT2D eigenvalue weighted by Gasteiger charge is 2.74. The lowest BCUT2D eigenvalue weighted by molar-refractivity contribution is -0.0345. The summed E-state index contributed by atoms with van der Waals surface area (Å²) in [6.07, 6.45) is 4.39. The van der Waals surface area contributed by atoms with Crippen LogP contribution in [0.5, 0.6) is 5.75 Å². The molecule has 6 aliphatic rings. The van der Waals surface area contributed by atoms with Gasteiger partial charge < -0.3 is 14.7 Å². The fraction of sp³-hybridized carbons (Fsp3) is 0.619. The van der Waals surface area contributed by atoms with Crippen LogP contribution in [0.3, 0.4) is 0 Å². The van der Waals surface area contributed by atoms with Gasteiger partial charge in [0.25, 0.3) is 0 Å². The minimum absolute atomic E-state index is 0.0925. The molecule has 4 saturated heterocycles. The zero-order valence-corrected chi connectivity index (χ0v) is 15.1. The molecule has 4 nitrogen and oxygen atoms in total. The monoisotopic (exact) mass is 338 g/mol. The number of benzene rings is 1. The maximum atomic E-state index is 11.7. The van der Waals surface area contributed by atoms with E-state index in [1.54, 1.807) is 12.7 Å². The average Bonchev–Trinajstić information content (AvgIpc) is 3.03. The number of aliphatic hydroxyl groups excluding tert-OH is 1. The molecular weight excluding hydrogens is 312 g/mol. The number of fused-ring (bicyclic) bond motifs is 2. The number of likely N-dealkylation sites (N-methyl/N-ethyl adjacent to an activating group) is 1. The molecule has 5 aliphatic heterocycles. The SMILES string of the molecule is CC=C1CN2C3CC45c6ccc(OC)cc6N(C)C4C2CC1C3C5O. The Labute approximate surface area is 149 Å². The molecule has 0 aromatic heterocycles. The van der Waals surface area contributed by atoms with E-state index >= 15 is 0 Å². The standard InChI is InChI=1S/C21H26N2O2/c1-4-11-10-23-16-8-13(11)18-17(23)9-21(20(18)24)14-6-5-12(25-3)7-15(14)22(2)19(16)21/h4-7,13,16-20,24H,8-10H2,1-3H3. The van der Waals surface area contributed by atoms with E-state index in [0.29, 0.717) is 30.0 Å². The number of aliphatic hydroxyl groups is 1. The number of hydrogen-bond donors (Lipinski definition) is 1. The Morgan fingerprint density at radius 2 is 2.16 bits per heavy atom. The summed E-state index contributed by atoms with van der Waals surface area (Å²) in [6, 6.07) is 7.97. The topological polar surface area (TPSA) is 35.9 Å². The Kier molecular flexibility index (Phi) is 2.58. The summed E-state index contributed by atoms with van der Waals surface area (Å²) in [4.78, 5) is 5.19. The quantitative estimate of drug-likeness (QED) is 0.796. The molecule has 5 heterocycles. The molecule has 4 heteroatoms. The van der Waals surface area contributed by atoms with E-state index in [0.717, 1.165) is 18.7 Å². The van der Waals surface area contributed by atoms with Crippen LogP contribution >= 0.6 is 0 Å². The van der Waals surface area contributed by atoms with Crippen molar-refractivity contribution in [2.24, 2.45) is 11.8 Å². The first-order valence-corrected chi connectivity index (χ1v) is 9.62. The first-order chi connectivity index (χ1) is 12.1. The second-order valence-corrected chi connectivity index (χ2v) is 8.72. The van der Waals surface area contributed by atoms with E-state index in [1.165, 1.54) is 17.7 Å². The normalized spacial score (nSPS) is 49.7. The van der Waals surface area contributed by atoms with E-state index < -0.39 is 0 Å². The van der Waals surface area contributed by atoms with E-state index in [2.05, 4.69) is 48.0 Å². The van der Waals surface area contributed by atoms with Gasteiger partial charge in [0.15, 0.2) is 0 Å². The number of piperidine rings is 4. The van der Waals surface area contributed by atoms with Crippen LogP contribution in [0.15, 0.2) is 29.8 Å². The van der Waals surface area contributed by atoms with Crippen LogP contribution in [0.4, 0.5) is 5.69 Å². The first-order valence-electron chi connectivity index (χ1n) is 9.62. The first kappa shape index (κ1) is 14.6. The molecule has 0 radical (unpaired) electrons. The van der Waals surface area contributed by atoms with E-state index in [4.69, 9.17) is 4.74 Å². The van der Waals surface area contributed by atoms with E-state index in [-0.39, 0.29) is 11.5 Å². The highest BCUT2D eigenvalue weighted by Crippen LogP contribution is 2.67. The van der Waals surface area contributed by atoms with Crippen molar-refractivity contribution in [1.29, 1.82) is 0 Å². The van der Waals surface area contributed by atoms with Crippen LogP contribution in [-0.4, -0.2) is 54.9 Å². The maximum absolute atomic E-state index is 11.7. The highest BCUT2D eigenvalue weighted by atomic mass is 16.5. The summed E-state index contributed by atoms with van der Waals surface area (Å²) in [5, 5.41) is 11.7. The second-order valence-electron chi connectivity index (χ2n) is 8.72. The van der Waals surface area contributed by atoms with Gasteiger partial charge in [0.05, 0.1) is 19.3 Å². The molecule has 1 saturated carbocycles. The lowest BCUT2D eigenvalue weighted by Gasteiger charge is -2.58. The minimum Gasteiger partial charge on any atom is -0.497 e. The zero-order chi connectivity index (χ0) is 17.1. The van der Waals surface area contributed by atoms with Crippen molar-refractivity contribution in [2.45, 2.75) is 49.4 Å². The van der Waals surface area contributed by atoms with Crippen molar-refractivity contribution in [1.82, 2.24) is 4.90 Å². The predicted molar refractivity (Wildman–Crippen MR) is 97.1 cm³/mol. The molecule has 8 unspecified atom stereocenters. The van der Waals surface area contributed by atoms with Crippen molar-refractivity contribution in [3.63, 3.8) is 0 Å². The van der Waals surface area contributed by atoms with Gasteiger partial charge in [0, 0.05) is 48.8 Å². The van der Waals surface area contributed by atoms with Crippen molar-refractivity contribution in [3.8, 4) is 5.75 Å². The molecule has 5 bridgehead atoms. The Morgan fingerprint density at radius 1 is 1.32 bits per heavy atom. The van der Waals surface area contributed by atoms with Gasteiger partial charge in [-0.3, -0.25) is 4.90 Å². The summed E-state index contributed by atoms with van der Waals surface area (Å²) in [7, 11) is 3.95. The zero-order valence-electron chi connectivity index (χ0n) is 15.1. The average molecular weight is 338 g/mol. The van der Waals surface area contributed by atoms with Gasteiger partial charge in [-0.25, -0.2) is 0 Å². The third-order valence-corrected chi connectivity index (χ3v) is 8.30. The Bertz CT molecular complexity index is 805. The molecular formula is C21H26N2O2. The fourth-order valence-corrected chi connectivity index (χ4v) is 7.50. The van der Waals surface area contributed by atoms with Crippen LogP contribution in [0.1, 0.15) is 25.3 Å². The lowest BCUT2D eigenvalue weighted by Crippen LogP contribution is -2.68. The largest absolute Gasteiger partial charge is 0.497 e.